The zero-order valence-corrected chi connectivity index (χ0v) is 25.4. The minimum Gasteiger partial charge on any atom is -0.460 e. The number of carbonyl (C=O) groups is 1. The van der Waals surface area contributed by atoms with Crippen molar-refractivity contribution in [2.75, 3.05) is 20.3 Å². The molecule has 3 rings (SSSR count). The SMILES string of the molecule is CNC(=O)c1c(I)c(OC2OC(CO)C(O)C(O)C2O)c(I)c(OC2OC(CO)C(O)C(O)C2O)c1I. The molecule has 210 valence electrons. The van der Waals surface area contributed by atoms with Gasteiger partial charge in [0, 0.05) is 7.05 Å². The van der Waals surface area contributed by atoms with Gasteiger partial charge in [-0.05, 0) is 67.8 Å². The lowest BCUT2D eigenvalue weighted by atomic mass is 9.99. The second-order valence-corrected chi connectivity index (χ2v) is 11.4. The average Bonchev–Trinajstić information content (AvgIpc) is 2.88. The molecule has 37 heavy (non-hydrogen) atoms. The van der Waals surface area contributed by atoms with Crippen molar-refractivity contribution in [3.05, 3.63) is 16.3 Å². The molecule has 0 bridgehead atoms. The first-order chi connectivity index (χ1) is 17.4. The Kier molecular flexibility index (Phi) is 11.2. The zero-order chi connectivity index (χ0) is 27.8. The van der Waals surface area contributed by atoms with E-state index < -0.39 is 80.5 Å². The lowest BCUT2D eigenvalue weighted by Gasteiger charge is -2.40. The number of benzene rings is 1. The predicted octanol–water partition coefficient (Wildman–Crippen LogP) is -2.78. The monoisotopic (exact) mass is 869 g/mol. The van der Waals surface area contributed by atoms with E-state index in [9.17, 15) is 45.6 Å². The highest BCUT2D eigenvalue weighted by Crippen LogP contribution is 2.44. The molecular formula is C20H26I3NO13. The second kappa shape index (κ2) is 13.2. The van der Waals surface area contributed by atoms with Gasteiger partial charge in [0.1, 0.15) is 48.8 Å². The lowest BCUT2D eigenvalue weighted by molar-refractivity contribution is -0.279. The molecule has 14 nitrogen and oxygen atoms in total. The number of aliphatic hydroxyl groups is 8. The molecule has 17 heteroatoms. The van der Waals surface area contributed by atoms with Crippen molar-refractivity contribution in [3.8, 4) is 11.5 Å². The van der Waals surface area contributed by atoms with E-state index in [1.807, 2.05) is 67.8 Å². The van der Waals surface area contributed by atoms with Gasteiger partial charge >= 0.3 is 0 Å². The fourth-order valence-electron chi connectivity index (χ4n) is 3.71. The average molecular weight is 869 g/mol. The van der Waals surface area contributed by atoms with Crippen LogP contribution in [0.4, 0.5) is 0 Å². The molecule has 2 aliphatic heterocycles. The van der Waals surface area contributed by atoms with Crippen LogP contribution in [0.25, 0.3) is 0 Å². The summed E-state index contributed by atoms with van der Waals surface area (Å²) in [6.07, 6.45) is -15.7. The molecule has 2 fully saturated rings. The van der Waals surface area contributed by atoms with E-state index in [4.69, 9.17) is 18.9 Å². The summed E-state index contributed by atoms with van der Waals surface area (Å²) in [5.74, 6) is -0.629. The number of rotatable bonds is 7. The lowest BCUT2D eigenvalue weighted by Crippen LogP contribution is -2.60. The number of hydrogen-bond donors (Lipinski definition) is 9. The van der Waals surface area contributed by atoms with Crippen LogP contribution in [-0.4, -0.2) is 128 Å². The van der Waals surface area contributed by atoms with Crippen molar-refractivity contribution in [1.29, 1.82) is 0 Å². The number of amides is 1. The normalized spacial score (nSPS) is 36.2. The predicted molar refractivity (Wildman–Crippen MR) is 147 cm³/mol. The number of carbonyl (C=O) groups excluding carboxylic acids is 1. The van der Waals surface area contributed by atoms with Crippen molar-refractivity contribution < 1.29 is 64.6 Å². The molecule has 1 amide bonds. The molecule has 2 aliphatic rings. The van der Waals surface area contributed by atoms with Gasteiger partial charge in [0.25, 0.3) is 5.91 Å². The third-order valence-corrected chi connectivity index (χ3v) is 8.89. The van der Waals surface area contributed by atoms with Gasteiger partial charge in [0.05, 0.1) is 29.5 Å². The van der Waals surface area contributed by atoms with E-state index in [1.165, 1.54) is 7.05 Å². The van der Waals surface area contributed by atoms with Crippen LogP contribution in [0, 0.1) is 10.7 Å². The van der Waals surface area contributed by atoms with Gasteiger partial charge in [-0.1, -0.05) is 0 Å². The highest BCUT2D eigenvalue weighted by atomic mass is 127. The minimum atomic E-state index is -1.73. The van der Waals surface area contributed by atoms with E-state index in [1.54, 1.807) is 0 Å². The summed E-state index contributed by atoms with van der Waals surface area (Å²) < 4.78 is 23.2. The molecule has 9 N–H and O–H groups in total. The van der Waals surface area contributed by atoms with E-state index in [-0.39, 0.29) is 27.8 Å². The molecule has 2 heterocycles. The van der Waals surface area contributed by atoms with Crippen molar-refractivity contribution in [2.24, 2.45) is 0 Å². The van der Waals surface area contributed by atoms with Crippen LogP contribution in [0.5, 0.6) is 11.5 Å². The van der Waals surface area contributed by atoms with Gasteiger partial charge in [0.2, 0.25) is 12.6 Å². The number of nitrogens with one attached hydrogen (secondary N) is 1. The smallest absolute Gasteiger partial charge is 0.253 e. The molecule has 0 spiro atoms. The summed E-state index contributed by atoms with van der Waals surface area (Å²) in [4.78, 5) is 12.8. The number of aliphatic hydroxyl groups excluding tert-OH is 8. The van der Waals surface area contributed by atoms with Gasteiger partial charge in [-0.2, -0.15) is 0 Å². The van der Waals surface area contributed by atoms with Crippen LogP contribution in [0.3, 0.4) is 0 Å². The quantitative estimate of drug-likeness (QED) is 0.127. The van der Waals surface area contributed by atoms with Crippen LogP contribution in [0.15, 0.2) is 0 Å². The van der Waals surface area contributed by atoms with Gasteiger partial charge in [0.15, 0.2) is 11.5 Å². The fraction of sp³-hybridized carbons (Fsp3) is 0.650. The molecule has 2 saturated heterocycles. The van der Waals surface area contributed by atoms with Gasteiger partial charge in [-0.15, -0.1) is 0 Å². The molecule has 1 aromatic rings. The molecule has 0 saturated carbocycles. The van der Waals surface area contributed by atoms with Crippen LogP contribution >= 0.6 is 67.8 Å². The Labute approximate surface area is 251 Å². The third-order valence-electron chi connectivity index (χ3n) is 5.86. The van der Waals surface area contributed by atoms with E-state index in [2.05, 4.69) is 5.32 Å². The maximum Gasteiger partial charge on any atom is 0.253 e. The van der Waals surface area contributed by atoms with Gasteiger partial charge in [-0.3, -0.25) is 4.79 Å². The highest BCUT2D eigenvalue weighted by Gasteiger charge is 2.47. The molecule has 0 aliphatic carbocycles. The topological polar surface area (TPSA) is 228 Å². The van der Waals surface area contributed by atoms with Crippen LogP contribution < -0.4 is 14.8 Å². The first kappa shape index (κ1) is 31.6. The Morgan fingerprint density at radius 3 is 1.43 bits per heavy atom. The maximum absolute atomic E-state index is 12.8. The number of hydrogen-bond acceptors (Lipinski definition) is 13. The second-order valence-electron chi connectivity index (χ2n) is 8.18. The largest absolute Gasteiger partial charge is 0.460 e. The van der Waals surface area contributed by atoms with Crippen molar-refractivity contribution in [1.82, 2.24) is 5.32 Å². The first-order valence-corrected chi connectivity index (χ1v) is 14.0. The standard InChI is InChI=1S/C20H26I3NO13/c1-24-18(33)6-7(21)16(36-19-14(31)12(29)10(27)4(2-25)34-19)9(23)17(8(6)22)37-20-15(32)13(30)11(28)5(3-26)35-20/h4-5,10-15,19-20,25-32H,2-3H2,1H3,(H,24,33). The van der Waals surface area contributed by atoms with Crippen molar-refractivity contribution >= 4 is 73.7 Å². The summed E-state index contributed by atoms with van der Waals surface area (Å²) in [6, 6.07) is 0. The zero-order valence-electron chi connectivity index (χ0n) is 18.9. The van der Waals surface area contributed by atoms with Crippen LogP contribution in [0.2, 0.25) is 0 Å². The summed E-state index contributed by atoms with van der Waals surface area (Å²) >= 11 is 5.47. The third kappa shape index (κ3) is 6.22. The summed E-state index contributed by atoms with van der Waals surface area (Å²) in [5.41, 5.74) is 0.0725. The van der Waals surface area contributed by atoms with Gasteiger partial charge < -0.3 is 65.1 Å². The highest BCUT2D eigenvalue weighted by molar-refractivity contribution is 14.1. The number of halogens is 3. The summed E-state index contributed by atoms with van der Waals surface area (Å²) in [7, 11) is 1.39. The maximum atomic E-state index is 12.8. The summed E-state index contributed by atoms with van der Waals surface area (Å²) in [6.45, 7) is -1.36. The molecule has 0 radical (unpaired) electrons. The molecule has 0 aromatic heterocycles. The fourth-order valence-corrected chi connectivity index (χ4v) is 7.88. The van der Waals surface area contributed by atoms with Crippen molar-refractivity contribution in [3.63, 3.8) is 0 Å². The Bertz CT molecular complexity index is 918. The Morgan fingerprint density at radius 2 is 1.11 bits per heavy atom. The Hall–Kier alpha value is 0.0800. The summed E-state index contributed by atoms with van der Waals surface area (Å²) in [5, 5.41) is 82.7. The van der Waals surface area contributed by atoms with E-state index in [0.29, 0.717) is 0 Å². The van der Waals surface area contributed by atoms with Crippen molar-refractivity contribution in [2.45, 2.75) is 61.4 Å². The molecule has 1 aromatic carbocycles. The minimum absolute atomic E-state index is 0.0378. The number of ether oxygens (including phenoxy) is 4. The Balaban J connectivity index is 2.06. The van der Waals surface area contributed by atoms with Crippen LogP contribution in [0.1, 0.15) is 10.4 Å². The Morgan fingerprint density at radius 1 is 0.730 bits per heavy atom. The molecule has 10 atom stereocenters. The van der Waals surface area contributed by atoms with Gasteiger partial charge in [-0.25, -0.2) is 0 Å². The first-order valence-electron chi connectivity index (χ1n) is 10.8. The van der Waals surface area contributed by atoms with E-state index >= 15 is 0 Å². The molecular weight excluding hydrogens is 843 g/mol. The molecule has 10 unspecified atom stereocenters. The van der Waals surface area contributed by atoms with E-state index in [0.717, 1.165) is 0 Å². The van der Waals surface area contributed by atoms with Crippen LogP contribution in [-0.2, 0) is 9.47 Å².